The van der Waals surface area contributed by atoms with Crippen LogP contribution in [0, 0.1) is 6.92 Å². The number of ether oxygens (including phenoxy) is 2. The quantitative estimate of drug-likeness (QED) is 0.588. The fourth-order valence-electron chi connectivity index (χ4n) is 2.68. The van der Waals surface area contributed by atoms with Crippen LogP contribution in [-0.4, -0.2) is 23.6 Å². The van der Waals surface area contributed by atoms with Crippen LogP contribution in [0.2, 0.25) is 0 Å². The molecule has 1 aliphatic rings. The van der Waals surface area contributed by atoms with E-state index >= 15 is 0 Å². The Balaban J connectivity index is 1.81. The number of carbonyl (C=O) groups is 2. The molecule has 0 spiro atoms. The highest BCUT2D eigenvalue weighted by atomic mass is 79.9. The number of hydrogen-bond acceptors (Lipinski definition) is 5. The van der Waals surface area contributed by atoms with Gasteiger partial charge in [-0.25, -0.2) is 0 Å². The number of nitrogens with zero attached hydrogens (tertiary/aromatic N) is 1. The fraction of sp³-hybridized carbons (Fsp3) is 0.227. The molecule has 1 aliphatic heterocycles. The second-order valence-electron chi connectivity index (χ2n) is 6.55. The summed E-state index contributed by atoms with van der Waals surface area (Å²) in [5.41, 5.74) is 3.00. The molecule has 0 bridgehead atoms. The summed E-state index contributed by atoms with van der Waals surface area (Å²) in [6.07, 6.45) is 1.71. The number of amidine groups is 1. The number of benzene rings is 2. The minimum atomic E-state index is -0.391. The van der Waals surface area contributed by atoms with Crippen LogP contribution < -0.4 is 14.8 Å². The van der Waals surface area contributed by atoms with Crippen molar-refractivity contribution in [3.05, 3.63) is 62.5 Å². The normalized spacial score (nSPS) is 14.6. The molecule has 30 heavy (non-hydrogen) atoms. The third-order valence-corrected chi connectivity index (χ3v) is 5.52. The number of carbonyl (C=O) groups excluding carboxylic acids is 2. The third-order valence-electron chi connectivity index (χ3n) is 4.04. The monoisotopic (exact) mass is 488 g/mol. The lowest BCUT2D eigenvalue weighted by Gasteiger charge is -2.15. The number of hydrogen-bond donors (Lipinski definition) is 1. The summed E-state index contributed by atoms with van der Waals surface area (Å²) < 4.78 is 12.5. The average molecular weight is 489 g/mol. The van der Waals surface area contributed by atoms with Crippen LogP contribution in [0.4, 0.5) is 0 Å². The standard InChI is InChI=1S/C22H21BrN2O4S/c1-4-28-18-10-16(11-19-21(27)25-22(30-19)24-14(3)26)9-17(23)20(18)29-12-15-7-5-13(2)6-8-15/h5-11H,4,12H2,1-3H3,(H,24,25,26,27). The first-order valence-electron chi connectivity index (χ1n) is 9.30. The predicted molar refractivity (Wildman–Crippen MR) is 123 cm³/mol. The molecule has 3 rings (SSSR count). The Hall–Kier alpha value is -2.58. The number of aryl methyl sites for hydroxylation is 1. The molecule has 0 atom stereocenters. The lowest BCUT2D eigenvalue weighted by Crippen LogP contribution is -2.23. The van der Waals surface area contributed by atoms with Gasteiger partial charge >= 0.3 is 0 Å². The van der Waals surface area contributed by atoms with Crippen LogP contribution in [0.25, 0.3) is 6.08 Å². The van der Waals surface area contributed by atoms with Gasteiger partial charge in [-0.3, -0.25) is 9.59 Å². The summed E-state index contributed by atoms with van der Waals surface area (Å²) in [4.78, 5) is 27.6. The SMILES string of the molecule is CCOc1cc(C=C2SC(NC(C)=O)=NC2=O)cc(Br)c1OCc1ccc(C)cc1. The van der Waals surface area contributed by atoms with Gasteiger partial charge < -0.3 is 14.8 Å². The zero-order valence-electron chi connectivity index (χ0n) is 16.8. The van der Waals surface area contributed by atoms with Crippen molar-refractivity contribution in [2.75, 3.05) is 6.61 Å². The largest absolute Gasteiger partial charge is 0.490 e. The molecule has 6 nitrogen and oxygen atoms in total. The molecule has 0 fully saturated rings. The van der Waals surface area contributed by atoms with Crippen LogP contribution in [0.15, 0.2) is 50.8 Å². The fourth-order valence-corrected chi connectivity index (χ4v) is 4.11. The second kappa shape index (κ2) is 9.95. The predicted octanol–water partition coefficient (Wildman–Crippen LogP) is 4.84. The van der Waals surface area contributed by atoms with E-state index in [1.54, 1.807) is 6.08 Å². The topological polar surface area (TPSA) is 77.0 Å². The van der Waals surface area contributed by atoms with Crippen molar-refractivity contribution in [1.82, 2.24) is 5.32 Å². The van der Waals surface area contributed by atoms with Gasteiger partial charge in [0.15, 0.2) is 16.7 Å². The summed E-state index contributed by atoms with van der Waals surface area (Å²) in [7, 11) is 0. The molecule has 8 heteroatoms. The van der Waals surface area contributed by atoms with E-state index in [-0.39, 0.29) is 11.1 Å². The smallest absolute Gasteiger partial charge is 0.286 e. The van der Waals surface area contributed by atoms with Gasteiger partial charge in [0.05, 0.1) is 16.0 Å². The van der Waals surface area contributed by atoms with Gasteiger partial charge in [0.1, 0.15) is 6.61 Å². The third kappa shape index (κ3) is 5.73. The Kier molecular flexibility index (Phi) is 7.33. The van der Waals surface area contributed by atoms with Crippen LogP contribution in [0.5, 0.6) is 11.5 Å². The molecule has 156 valence electrons. The highest BCUT2D eigenvalue weighted by Gasteiger charge is 2.23. The number of nitrogens with one attached hydrogen (secondary N) is 1. The molecule has 0 radical (unpaired) electrons. The van der Waals surface area contributed by atoms with Gasteiger partial charge in [-0.2, -0.15) is 4.99 Å². The van der Waals surface area contributed by atoms with Crippen molar-refractivity contribution in [2.24, 2.45) is 4.99 Å². The number of thioether (sulfide) groups is 1. The highest BCUT2D eigenvalue weighted by Crippen LogP contribution is 2.39. The molecular weight excluding hydrogens is 468 g/mol. The van der Waals surface area contributed by atoms with Crippen molar-refractivity contribution in [3.8, 4) is 11.5 Å². The zero-order chi connectivity index (χ0) is 21.7. The van der Waals surface area contributed by atoms with Crippen LogP contribution >= 0.6 is 27.7 Å². The minimum absolute atomic E-state index is 0.272. The highest BCUT2D eigenvalue weighted by molar-refractivity contribution is 9.10. The molecule has 0 aliphatic carbocycles. The number of amides is 2. The summed E-state index contributed by atoms with van der Waals surface area (Å²) in [6, 6.07) is 11.8. The van der Waals surface area contributed by atoms with Crippen LogP contribution in [0.1, 0.15) is 30.5 Å². The first-order valence-corrected chi connectivity index (χ1v) is 10.9. The Labute approximate surface area is 187 Å². The van der Waals surface area contributed by atoms with E-state index < -0.39 is 5.91 Å². The van der Waals surface area contributed by atoms with Gasteiger partial charge in [0.2, 0.25) is 5.91 Å². The Morgan fingerprint density at radius 2 is 1.97 bits per heavy atom. The molecule has 0 saturated carbocycles. The maximum absolute atomic E-state index is 12.1. The molecule has 0 unspecified atom stereocenters. The summed E-state index contributed by atoms with van der Waals surface area (Å²) in [5.74, 6) is 0.508. The summed E-state index contributed by atoms with van der Waals surface area (Å²) in [6.45, 7) is 6.18. The number of halogens is 1. The van der Waals surface area contributed by atoms with Gasteiger partial charge in [-0.05, 0) is 70.9 Å². The zero-order valence-corrected chi connectivity index (χ0v) is 19.2. The molecule has 1 heterocycles. The van der Waals surface area contributed by atoms with Gasteiger partial charge in [0, 0.05) is 6.92 Å². The van der Waals surface area contributed by atoms with E-state index in [1.807, 2.05) is 50.2 Å². The Morgan fingerprint density at radius 1 is 1.23 bits per heavy atom. The Morgan fingerprint density at radius 3 is 2.63 bits per heavy atom. The van der Waals surface area contributed by atoms with Crippen molar-refractivity contribution in [2.45, 2.75) is 27.4 Å². The van der Waals surface area contributed by atoms with Crippen molar-refractivity contribution < 1.29 is 19.1 Å². The number of rotatable bonds is 6. The lowest BCUT2D eigenvalue weighted by molar-refractivity contribution is -0.117. The van der Waals surface area contributed by atoms with Crippen molar-refractivity contribution in [3.63, 3.8) is 0 Å². The molecule has 2 amide bonds. The van der Waals surface area contributed by atoms with E-state index in [4.69, 9.17) is 9.47 Å². The van der Waals surface area contributed by atoms with Crippen LogP contribution in [-0.2, 0) is 16.2 Å². The molecule has 2 aromatic rings. The van der Waals surface area contributed by atoms with E-state index in [9.17, 15) is 9.59 Å². The van der Waals surface area contributed by atoms with Gasteiger partial charge in [-0.15, -0.1) is 0 Å². The van der Waals surface area contributed by atoms with E-state index in [0.29, 0.717) is 34.1 Å². The van der Waals surface area contributed by atoms with Crippen molar-refractivity contribution >= 4 is 50.7 Å². The maximum Gasteiger partial charge on any atom is 0.286 e. The lowest BCUT2D eigenvalue weighted by atomic mass is 10.1. The Bertz CT molecular complexity index is 1030. The molecule has 0 aromatic heterocycles. The molecule has 0 saturated heterocycles. The first kappa shape index (κ1) is 22.1. The van der Waals surface area contributed by atoms with E-state index in [1.165, 1.54) is 12.5 Å². The number of aliphatic imine (C=N–C) groups is 1. The van der Waals surface area contributed by atoms with Gasteiger partial charge in [-0.1, -0.05) is 29.8 Å². The molecular formula is C22H21BrN2O4S. The van der Waals surface area contributed by atoms with E-state index in [2.05, 4.69) is 26.2 Å². The second-order valence-corrected chi connectivity index (χ2v) is 8.44. The first-order chi connectivity index (χ1) is 14.4. The van der Waals surface area contributed by atoms with Gasteiger partial charge in [0.25, 0.3) is 5.91 Å². The summed E-state index contributed by atoms with van der Waals surface area (Å²) >= 11 is 4.67. The molecule has 2 aromatic carbocycles. The summed E-state index contributed by atoms with van der Waals surface area (Å²) in [5, 5.41) is 2.81. The van der Waals surface area contributed by atoms with Crippen molar-refractivity contribution in [1.29, 1.82) is 0 Å². The molecule has 1 N–H and O–H groups in total. The maximum atomic E-state index is 12.1. The van der Waals surface area contributed by atoms with Crippen LogP contribution in [0.3, 0.4) is 0 Å². The van der Waals surface area contributed by atoms with E-state index in [0.717, 1.165) is 22.9 Å². The average Bonchev–Trinajstić information content (AvgIpc) is 3.01. The minimum Gasteiger partial charge on any atom is -0.490 e.